The Morgan fingerprint density at radius 1 is 1.39 bits per heavy atom. The predicted octanol–water partition coefficient (Wildman–Crippen LogP) is 1.68. The average molecular weight is 335 g/mol. The van der Waals surface area contributed by atoms with Crippen LogP contribution < -0.4 is 16.1 Å². The van der Waals surface area contributed by atoms with Gasteiger partial charge in [0.05, 0.1) is 10.6 Å². The molecule has 0 radical (unpaired) electrons. The highest BCUT2D eigenvalue weighted by Gasteiger charge is 2.25. The fourth-order valence-electron chi connectivity index (χ4n) is 2.72. The summed E-state index contributed by atoms with van der Waals surface area (Å²) in [7, 11) is 0. The Morgan fingerprint density at radius 3 is 2.74 bits per heavy atom. The topological polar surface area (TPSA) is 114 Å². The first kappa shape index (κ1) is 15.8. The fourth-order valence-corrected chi connectivity index (χ4v) is 3.33. The normalized spacial score (nSPS) is 19.3. The molecule has 1 amide bonds. The lowest BCUT2D eigenvalue weighted by atomic mass is 10.0. The van der Waals surface area contributed by atoms with Crippen molar-refractivity contribution in [3.05, 3.63) is 33.9 Å². The van der Waals surface area contributed by atoms with Crippen molar-refractivity contribution in [2.75, 3.05) is 23.7 Å². The van der Waals surface area contributed by atoms with Crippen molar-refractivity contribution in [2.45, 2.75) is 18.9 Å². The molecule has 0 unspecified atom stereocenters. The quantitative estimate of drug-likeness (QED) is 0.642. The number of amides is 1. The molecule has 0 aliphatic carbocycles. The smallest absolute Gasteiger partial charge is 0.299 e. The van der Waals surface area contributed by atoms with Crippen LogP contribution in [0.2, 0.25) is 0 Å². The third-order valence-electron chi connectivity index (χ3n) is 4.01. The number of nitro benzene ring substituents is 1. The minimum absolute atomic E-state index is 0.0579. The molecule has 0 saturated carbocycles. The van der Waals surface area contributed by atoms with Gasteiger partial charge in [-0.15, -0.1) is 0 Å². The number of nitrogens with zero attached hydrogens (tertiary/aromatic N) is 3. The number of hydrogen-bond acceptors (Lipinski definition) is 7. The van der Waals surface area contributed by atoms with Crippen LogP contribution in [-0.4, -0.2) is 40.8 Å². The molecular weight excluding hydrogens is 318 g/mol. The summed E-state index contributed by atoms with van der Waals surface area (Å²) in [6.07, 6.45) is 1.66. The molecule has 9 heteroatoms. The molecule has 2 aliphatic heterocycles. The van der Waals surface area contributed by atoms with E-state index in [-0.39, 0.29) is 21.9 Å². The summed E-state index contributed by atoms with van der Waals surface area (Å²) in [6, 6.07) is 5.27. The van der Waals surface area contributed by atoms with Gasteiger partial charge in [-0.2, -0.15) is 5.10 Å². The molecule has 0 atom stereocenters. The summed E-state index contributed by atoms with van der Waals surface area (Å²) in [6.45, 7) is 1.43. The molecule has 8 nitrogen and oxygen atoms in total. The Hall–Kier alpha value is -2.13. The van der Waals surface area contributed by atoms with E-state index in [9.17, 15) is 14.9 Å². The summed E-state index contributed by atoms with van der Waals surface area (Å²) in [5, 5.41) is 15.2. The first-order valence-corrected chi connectivity index (χ1v) is 8.32. The Bertz CT molecular complexity index is 670. The Kier molecular flexibility index (Phi) is 4.49. The third-order valence-corrected chi connectivity index (χ3v) is 4.78. The number of nitrogens with two attached hydrogens (primary N) is 1. The van der Waals surface area contributed by atoms with Crippen LogP contribution in [0.25, 0.3) is 0 Å². The van der Waals surface area contributed by atoms with Gasteiger partial charge in [-0.1, -0.05) is 17.8 Å². The van der Waals surface area contributed by atoms with E-state index in [1.165, 1.54) is 6.07 Å². The van der Waals surface area contributed by atoms with Crippen molar-refractivity contribution >= 4 is 34.1 Å². The zero-order valence-electron chi connectivity index (χ0n) is 12.4. The number of piperidine rings is 1. The highest BCUT2D eigenvalue weighted by Crippen LogP contribution is 2.32. The maximum atomic E-state index is 11.5. The highest BCUT2D eigenvalue weighted by molar-refractivity contribution is 8.14. The van der Waals surface area contributed by atoms with Crippen LogP contribution in [0.15, 0.2) is 23.3 Å². The first-order chi connectivity index (χ1) is 11.0. The van der Waals surface area contributed by atoms with Gasteiger partial charge in [-0.3, -0.25) is 14.9 Å². The van der Waals surface area contributed by atoms with Crippen molar-refractivity contribution < 1.29 is 9.72 Å². The molecule has 122 valence electrons. The van der Waals surface area contributed by atoms with Crippen LogP contribution in [-0.2, 0) is 0 Å². The summed E-state index contributed by atoms with van der Waals surface area (Å²) in [5.74, 6) is 0.404. The van der Waals surface area contributed by atoms with Crippen LogP contribution in [0.3, 0.4) is 0 Å². The average Bonchev–Trinajstić information content (AvgIpc) is 2.56. The number of carbonyl (C=O) groups excluding carboxylic acids is 1. The van der Waals surface area contributed by atoms with E-state index in [2.05, 4.69) is 10.5 Å². The van der Waals surface area contributed by atoms with E-state index in [1.807, 2.05) is 11.0 Å². The minimum atomic E-state index is -0.373. The number of benzene rings is 1. The Balaban J connectivity index is 1.90. The monoisotopic (exact) mass is 335 g/mol. The lowest BCUT2D eigenvalue weighted by Crippen LogP contribution is -2.39. The lowest BCUT2D eigenvalue weighted by molar-refractivity contribution is -0.384. The SMILES string of the molecule is NC1CCN(c2ccc(C3=NNC(=O)SC3)cc2[N+](=O)[O-])CC1. The molecule has 2 heterocycles. The number of carbonyl (C=O) groups is 1. The van der Waals surface area contributed by atoms with Crippen molar-refractivity contribution in [1.29, 1.82) is 0 Å². The van der Waals surface area contributed by atoms with Gasteiger partial charge in [0.15, 0.2) is 0 Å². The summed E-state index contributed by atoms with van der Waals surface area (Å²) >= 11 is 1.09. The highest BCUT2D eigenvalue weighted by atomic mass is 32.2. The molecule has 0 spiro atoms. The number of nitro groups is 1. The van der Waals surface area contributed by atoms with Crippen LogP contribution in [0.1, 0.15) is 18.4 Å². The molecule has 3 rings (SSSR count). The van der Waals surface area contributed by atoms with Gasteiger partial charge < -0.3 is 10.6 Å². The summed E-state index contributed by atoms with van der Waals surface area (Å²) in [5.41, 5.74) is 10.2. The zero-order chi connectivity index (χ0) is 16.4. The van der Waals surface area contributed by atoms with Gasteiger partial charge in [0.1, 0.15) is 5.69 Å². The molecule has 1 aromatic carbocycles. The Morgan fingerprint density at radius 2 is 2.13 bits per heavy atom. The van der Waals surface area contributed by atoms with E-state index in [0.717, 1.165) is 24.6 Å². The molecule has 0 bridgehead atoms. The van der Waals surface area contributed by atoms with Crippen LogP contribution >= 0.6 is 11.8 Å². The van der Waals surface area contributed by atoms with Crippen LogP contribution in [0.4, 0.5) is 16.2 Å². The number of thioether (sulfide) groups is 1. The first-order valence-electron chi connectivity index (χ1n) is 7.33. The molecule has 1 saturated heterocycles. The minimum Gasteiger partial charge on any atom is -0.366 e. The van der Waals surface area contributed by atoms with E-state index < -0.39 is 0 Å². The molecular formula is C14H17N5O3S. The largest absolute Gasteiger partial charge is 0.366 e. The fraction of sp³-hybridized carbons (Fsp3) is 0.429. The second-order valence-electron chi connectivity index (χ2n) is 5.53. The van der Waals surface area contributed by atoms with Crippen LogP contribution in [0.5, 0.6) is 0 Å². The van der Waals surface area contributed by atoms with E-state index >= 15 is 0 Å². The third kappa shape index (κ3) is 3.45. The van der Waals surface area contributed by atoms with Crippen molar-refractivity contribution in [3.8, 4) is 0 Å². The van der Waals surface area contributed by atoms with Crippen molar-refractivity contribution in [1.82, 2.24) is 5.43 Å². The van der Waals surface area contributed by atoms with E-state index in [1.54, 1.807) is 6.07 Å². The maximum absolute atomic E-state index is 11.5. The molecule has 1 aromatic rings. The van der Waals surface area contributed by atoms with Gasteiger partial charge in [0, 0.05) is 36.5 Å². The molecule has 3 N–H and O–H groups in total. The van der Waals surface area contributed by atoms with Crippen molar-refractivity contribution in [2.24, 2.45) is 10.8 Å². The maximum Gasteiger partial charge on any atom is 0.299 e. The molecule has 1 fully saturated rings. The van der Waals surface area contributed by atoms with E-state index in [4.69, 9.17) is 5.73 Å². The molecule has 2 aliphatic rings. The number of hydrazone groups is 1. The van der Waals surface area contributed by atoms with Gasteiger partial charge in [-0.05, 0) is 18.9 Å². The molecule has 23 heavy (non-hydrogen) atoms. The van der Waals surface area contributed by atoms with Gasteiger partial charge in [-0.25, -0.2) is 5.43 Å². The van der Waals surface area contributed by atoms with Gasteiger partial charge >= 0.3 is 0 Å². The van der Waals surface area contributed by atoms with Crippen molar-refractivity contribution in [3.63, 3.8) is 0 Å². The Labute approximate surface area is 137 Å². The second kappa shape index (κ2) is 6.55. The second-order valence-corrected chi connectivity index (χ2v) is 6.48. The van der Waals surface area contributed by atoms with Gasteiger partial charge in [0.2, 0.25) is 0 Å². The van der Waals surface area contributed by atoms with Gasteiger partial charge in [0.25, 0.3) is 10.9 Å². The predicted molar refractivity (Wildman–Crippen MR) is 90.0 cm³/mol. The van der Waals surface area contributed by atoms with E-state index in [0.29, 0.717) is 35.8 Å². The molecule has 0 aromatic heterocycles. The number of rotatable bonds is 3. The standard InChI is InChI=1S/C14H17N5O3S/c15-10-3-5-18(6-4-10)12-2-1-9(7-13(12)19(21)22)11-8-23-14(20)17-16-11/h1-2,7,10H,3-6,8,15H2,(H,17,20). The summed E-state index contributed by atoms with van der Waals surface area (Å²) < 4.78 is 0. The lowest BCUT2D eigenvalue weighted by Gasteiger charge is -2.31. The van der Waals surface area contributed by atoms with Crippen LogP contribution in [0, 0.1) is 10.1 Å². The number of hydrogen-bond donors (Lipinski definition) is 2. The number of anilines is 1. The zero-order valence-corrected chi connectivity index (χ0v) is 13.2. The number of nitrogens with one attached hydrogen (secondary N) is 1. The summed E-state index contributed by atoms with van der Waals surface area (Å²) in [4.78, 5) is 24.2.